The van der Waals surface area contributed by atoms with Gasteiger partial charge in [-0.3, -0.25) is 0 Å². The number of rotatable bonds is 2. The van der Waals surface area contributed by atoms with Gasteiger partial charge in [0.05, 0.1) is 5.69 Å². The van der Waals surface area contributed by atoms with Gasteiger partial charge in [0.1, 0.15) is 5.97 Å². The van der Waals surface area contributed by atoms with Crippen LogP contribution >= 0.6 is 0 Å². The van der Waals surface area contributed by atoms with Gasteiger partial charge in [0.2, 0.25) is 0 Å². The van der Waals surface area contributed by atoms with Crippen LogP contribution in [-0.2, 0) is 0 Å². The summed E-state index contributed by atoms with van der Waals surface area (Å²) in [4.78, 5) is 18.0. The predicted molar refractivity (Wildman–Crippen MR) is 51.8 cm³/mol. The standard InChI is InChI=1S/C11H8N2O2/c14-11(15)10-12-7-6-9(13-10)8-4-2-1-3-5-8/h1-7H,(H,14,15)/p-1. The minimum atomic E-state index is -1.37. The highest BCUT2D eigenvalue weighted by Crippen LogP contribution is 2.14. The quantitative estimate of drug-likeness (QED) is 0.706. The summed E-state index contributed by atoms with van der Waals surface area (Å²) < 4.78 is 0. The van der Waals surface area contributed by atoms with Crippen molar-refractivity contribution >= 4 is 5.97 Å². The molecule has 2 aromatic rings. The molecule has 1 aromatic carbocycles. The summed E-state index contributed by atoms with van der Waals surface area (Å²) in [7, 11) is 0. The van der Waals surface area contributed by atoms with Crippen molar-refractivity contribution in [3.8, 4) is 11.3 Å². The maximum absolute atomic E-state index is 10.5. The van der Waals surface area contributed by atoms with Crippen LogP contribution in [0.25, 0.3) is 11.3 Å². The fourth-order valence-electron chi connectivity index (χ4n) is 1.23. The van der Waals surface area contributed by atoms with E-state index in [0.29, 0.717) is 5.69 Å². The van der Waals surface area contributed by atoms with Crippen molar-refractivity contribution in [3.05, 3.63) is 48.4 Å². The zero-order chi connectivity index (χ0) is 10.7. The Morgan fingerprint density at radius 3 is 2.53 bits per heavy atom. The van der Waals surface area contributed by atoms with Crippen LogP contribution in [0.3, 0.4) is 0 Å². The van der Waals surface area contributed by atoms with E-state index in [9.17, 15) is 9.90 Å². The number of benzene rings is 1. The third-order valence-electron chi connectivity index (χ3n) is 1.91. The molecule has 0 saturated heterocycles. The zero-order valence-electron chi connectivity index (χ0n) is 7.75. The molecule has 0 atom stereocenters. The highest BCUT2D eigenvalue weighted by molar-refractivity contribution is 5.81. The molecule has 15 heavy (non-hydrogen) atoms. The third-order valence-corrected chi connectivity index (χ3v) is 1.91. The molecule has 4 nitrogen and oxygen atoms in total. The lowest BCUT2D eigenvalue weighted by Crippen LogP contribution is -2.24. The van der Waals surface area contributed by atoms with Crippen molar-refractivity contribution in [2.24, 2.45) is 0 Å². The third kappa shape index (κ3) is 1.99. The van der Waals surface area contributed by atoms with Crippen molar-refractivity contribution < 1.29 is 9.90 Å². The maximum atomic E-state index is 10.5. The Morgan fingerprint density at radius 1 is 1.13 bits per heavy atom. The normalized spacial score (nSPS) is 9.87. The van der Waals surface area contributed by atoms with Gasteiger partial charge in [-0.05, 0) is 6.07 Å². The first kappa shape index (κ1) is 9.33. The molecular formula is C11H7N2O2-. The van der Waals surface area contributed by atoms with Gasteiger partial charge < -0.3 is 9.90 Å². The maximum Gasteiger partial charge on any atom is 0.175 e. The Morgan fingerprint density at radius 2 is 1.87 bits per heavy atom. The zero-order valence-corrected chi connectivity index (χ0v) is 7.75. The van der Waals surface area contributed by atoms with E-state index in [-0.39, 0.29) is 5.82 Å². The predicted octanol–water partition coefficient (Wildman–Crippen LogP) is 0.507. The number of aromatic carboxylic acids is 1. The highest BCUT2D eigenvalue weighted by Gasteiger charge is 2.01. The first-order chi connectivity index (χ1) is 7.27. The van der Waals surface area contributed by atoms with Gasteiger partial charge in [0, 0.05) is 11.8 Å². The molecule has 0 fully saturated rings. The van der Waals surface area contributed by atoms with Crippen LogP contribution in [0.4, 0.5) is 0 Å². The van der Waals surface area contributed by atoms with Crippen molar-refractivity contribution in [2.45, 2.75) is 0 Å². The minimum Gasteiger partial charge on any atom is -0.542 e. The van der Waals surface area contributed by atoms with E-state index >= 15 is 0 Å². The molecule has 1 heterocycles. The van der Waals surface area contributed by atoms with E-state index in [1.807, 2.05) is 30.3 Å². The van der Waals surface area contributed by atoms with E-state index in [4.69, 9.17) is 0 Å². The van der Waals surface area contributed by atoms with E-state index in [1.165, 1.54) is 6.20 Å². The first-order valence-electron chi connectivity index (χ1n) is 4.37. The van der Waals surface area contributed by atoms with E-state index in [0.717, 1.165) is 5.56 Å². The second kappa shape index (κ2) is 3.88. The Hall–Kier alpha value is -2.23. The monoisotopic (exact) mass is 199 g/mol. The Bertz CT molecular complexity index is 483. The lowest BCUT2D eigenvalue weighted by Gasteiger charge is -2.03. The van der Waals surface area contributed by atoms with Gasteiger partial charge in [0.15, 0.2) is 5.82 Å². The van der Waals surface area contributed by atoms with Crippen LogP contribution in [0.1, 0.15) is 10.6 Å². The van der Waals surface area contributed by atoms with Crippen molar-refractivity contribution in [2.75, 3.05) is 0 Å². The lowest BCUT2D eigenvalue weighted by atomic mass is 10.1. The van der Waals surface area contributed by atoms with Crippen molar-refractivity contribution in [1.29, 1.82) is 0 Å². The average molecular weight is 199 g/mol. The molecule has 0 bridgehead atoms. The number of carbonyl (C=O) groups excluding carboxylic acids is 1. The van der Waals surface area contributed by atoms with E-state index in [1.54, 1.807) is 6.07 Å². The van der Waals surface area contributed by atoms with Crippen LogP contribution < -0.4 is 5.11 Å². The molecule has 0 amide bonds. The summed E-state index contributed by atoms with van der Waals surface area (Å²) >= 11 is 0. The average Bonchev–Trinajstić information content (AvgIpc) is 2.30. The van der Waals surface area contributed by atoms with Gasteiger partial charge >= 0.3 is 0 Å². The largest absolute Gasteiger partial charge is 0.542 e. The molecule has 0 unspecified atom stereocenters. The van der Waals surface area contributed by atoms with Crippen LogP contribution in [0.15, 0.2) is 42.6 Å². The summed E-state index contributed by atoms with van der Waals surface area (Å²) in [5, 5.41) is 10.5. The second-order valence-corrected chi connectivity index (χ2v) is 2.92. The molecule has 0 aliphatic heterocycles. The Kier molecular flexibility index (Phi) is 2.41. The molecule has 0 N–H and O–H groups in total. The summed E-state index contributed by atoms with van der Waals surface area (Å²) in [5.74, 6) is -1.66. The van der Waals surface area contributed by atoms with Gasteiger partial charge in [-0.15, -0.1) is 0 Å². The molecular weight excluding hydrogens is 192 g/mol. The summed E-state index contributed by atoms with van der Waals surface area (Å²) in [6.45, 7) is 0. The number of carbonyl (C=O) groups is 1. The molecule has 2 rings (SSSR count). The fraction of sp³-hybridized carbons (Fsp3) is 0. The smallest absolute Gasteiger partial charge is 0.175 e. The summed E-state index contributed by atoms with van der Waals surface area (Å²) in [6, 6.07) is 10.9. The Balaban J connectivity index is 2.46. The number of aromatic nitrogens is 2. The molecule has 74 valence electrons. The molecule has 0 saturated carbocycles. The van der Waals surface area contributed by atoms with Crippen molar-refractivity contribution in [3.63, 3.8) is 0 Å². The van der Waals surface area contributed by atoms with Crippen LogP contribution in [0.5, 0.6) is 0 Å². The SMILES string of the molecule is O=C([O-])c1nccc(-c2ccccc2)n1. The summed E-state index contributed by atoms with van der Waals surface area (Å²) in [6.07, 6.45) is 1.40. The molecule has 0 aliphatic rings. The molecule has 1 aromatic heterocycles. The fourth-order valence-corrected chi connectivity index (χ4v) is 1.23. The van der Waals surface area contributed by atoms with Crippen LogP contribution in [0.2, 0.25) is 0 Å². The van der Waals surface area contributed by atoms with Gasteiger partial charge in [-0.2, -0.15) is 0 Å². The number of hydrogen-bond donors (Lipinski definition) is 0. The molecule has 4 heteroatoms. The summed E-state index contributed by atoms with van der Waals surface area (Å²) in [5.41, 5.74) is 1.42. The Labute approximate surface area is 86.2 Å². The van der Waals surface area contributed by atoms with Gasteiger partial charge in [-0.1, -0.05) is 30.3 Å². The number of carboxylic acid groups (broad SMARTS) is 1. The number of carboxylic acids is 1. The van der Waals surface area contributed by atoms with Gasteiger partial charge in [-0.25, -0.2) is 9.97 Å². The van der Waals surface area contributed by atoms with Gasteiger partial charge in [0.25, 0.3) is 0 Å². The first-order valence-corrected chi connectivity index (χ1v) is 4.37. The van der Waals surface area contributed by atoms with E-state index < -0.39 is 5.97 Å². The number of nitrogens with zero attached hydrogens (tertiary/aromatic N) is 2. The van der Waals surface area contributed by atoms with Crippen LogP contribution in [0, 0.1) is 0 Å². The van der Waals surface area contributed by atoms with Crippen molar-refractivity contribution in [1.82, 2.24) is 9.97 Å². The molecule has 0 radical (unpaired) electrons. The highest BCUT2D eigenvalue weighted by atomic mass is 16.4. The minimum absolute atomic E-state index is 0.295. The van der Waals surface area contributed by atoms with E-state index in [2.05, 4.69) is 9.97 Å². The number of hydrogen-bond acceptors (Lipinski definition) is 4. The van der Waals surface area contributed by atoms with Crippen LogP contribution in [-0.4, -0.2) is 15.9 Å². The lowest BCUT2D eigenvalue weighted by molar-refractivity contribution is -0.256. The molecule has 0 aliphatic carbocycles. The molecule has 0 spiro atoms. The topological polar surface area (TPSA) is 65.9 Å². The second-order valence-electron chi connectivity index (χ2n) is 2.92.